The Kier molecular flexibility index (Phi) is 1.18. The lowest BCUT2D eigenvalue weighted by atomic mass is 9.88. The maximum atomic E-state index is 3.84. The molecule has 2 bridgehead atoms. The molecule has 57 valence electrons. The number of fused-ring (bicyclic) bond motifs is 4. The summed E-state index contributed by atoms with van der Waals surface area (Å²) in [5.41, 5.74) is 4.43. The molecule has 3 radical (unpaired) electrons. The summed E-state index contributed by atoms with van der Waals surface area (Å²) in [7, 11) is 3.84. The van der Waals surface area contributed by atoms with E-state index in [1.807, 2.05) is 11.1 Å². The van der Waals surface area contributed by atoms with Gasteiger partial charge in [0.05, 0.1) is 0 Å². The zero-order valence-corrected chi connectivity index (χ0v) is 7.77. The summed E-state index contributed by atoms with van der Waals surface area (Å²) in [6, 6.07) is 0. The van der Waals surface area contributed by atoms with Crippen LogP contribution in [-0.2, 0) is 0 Å². The molecule has 3 unspecified atom stereocenters. The van der Waals surface area contributed by atoms with Gasteiger partial charge >= 0.3 is 0 Å². The van der Waals surface area contributed by atoms with E-state index in [1.165, 1.54) is 32.1 Å². The third-order valence-corrected chi connectivity index (χ3v) is 4.44. The van der Waals surface area contributed by atoms with Crippen LogP contribution in [0.25, 0.3) is 0 Å². The zero-order chi connectivity index (χ0) is 7.42. The summed E-state index contributed by atoms with van der Waals surface area (Å²) < 4.78 is 0. The van der Waals surface area contributed by atoms with Crippen molar-refractivity contribution in [2.24, 2.45) is 11.8 Å². The Labute approximate surface area is 71.5 Å². The van der Waals surface area contributed by atoms with Gasteiger partial charge in [0, 0.05) is 10.2 Å². The van der Waals surface area contributed by atoms with Gasteiger partial charge in [-0.15, -0.1) is 0 Å². The Morgan fingerprint density at radius 2 is 2.09 bits per heavy atom. The number of rotatable bonds is 0. The minimum Gasteiger partial charge on any atom is -0.0704 e. The first-order valence-electron chi connectivity index (χ1n) is 4.79. The average molecular weight is 161 g/mol. The predicted octanol–water partition coefficient (Wildman–Crippen LogP) is 2.46. The predicted molar refractivity (Wildman–Crippen MR) is 46.6 cm³/mol. The van der Waals surface area contributed by atoms with Crippen molar-refractivity contribution in [1.82, 2.24) is 0 Å². The van der Waals surface area contributed by atoms with Crippen LogP contribution in [0, 0.1) is 11.8 Å². The van der Waals surface area contributed by atoms with Crippen molar-refractivity contribution in [3.05, 3.63) is 11.1 Å². The molecule has 0 heterocycles. The van der Waals surface area contributed by atoms with Gasteiger partial charge in [0.2, 0.25) is 0 Å². The molecular formula is C10H13Si. The summed E-state index contributed by atoms with van der Waals surface area (Å²) in [5.74, 6) is 2.09. The Hall–Kier alpha value is -0.0431. The van der Waals surface area contributed by atoms with Gasteiger partial charge in [0.1, 0.15) is 0 Å². The minimum absolute atomic E-state index is 0.764. The van der Waals surface area contributed by atoms with Gasteiger partial charge in [-0.25, -0.2) is 0 Å². The largest absolute Gasteiger partial charge is 0.0704 e. The number of hydrogen-bond acceptors (Lipinski definition) is 0. The van der Waals surface area contributed by atoms with E-state index in [-0.39, 0.29) is 0 Å². The molecule has 3 atom stereocenters. The maximum absolute atomic E-state index is 3.84. The molecular weight excluding hydrogens is 148 g/mol. The van der Waals surface area contributed by atoms with E-state index in [1.54, 1.807) is 0 Å². The van der Waals surface area contributed by atoms with Crippen molar-refractivity contribution >= 4 is 10.2 Å². The van der Waals surface area contributed by atoms with E-state index in [2.05, 4.69) is 10.2 Å². The van der Waals surface area contributed by atoms with E-state index in [4.69, 9.17) is 0 Å². The summed E-state index contributed by atoms with van der Waals surface area (Å²) in [5, 5.41) is 0. The van der Waals surface area contributed by atoms with Gasteiger partial charge in [0.25, 0.3) is 0 Å². The van der Waals surface area contributed by atoms with Crippen LogP contribution in [0.5, 0.6) is 0 Å². The lowest BCUT2D eigenvalue weighted by Crippen LogP contribution is -2.07. The Bertz CT molecular complexity index is 229. The molecule has 0 amide bonds. The minimum atomic E-state index is 0.764. The van der Waals surface area contributed by atoms with Gasteiger partial charge in [-0.1, -0.05) is 11.1 Å². The van der Waals surface area contributed by atoms with Crippen molar-refractivity contribution in [2.45, 2.75) is 37.6 Å². The second kappa shape index (κ2) is 2.01. The summed E-state index contributed by atoms with van der Waals surface area (Å²) in [6.07, 6.45) is 7.26. The monoisotopic (exact) mass is 161 g/mol. The van der Waals surface area contributed by atoms with Crippen LogP contribution in [-0.4, -0.2) is 10.2 Å². The normalized spacial score (nSPS) is 47.2. The summed E-state index contributed by atoms with van der Waals surface area (Å²) in [6.45, 7) is 0. The second-order valence-corrected chi connectivity index (χ2v) is 5.00. The molecule has 0 nitrogen and oxygen atoms in total. The number of allylic oxidation sites excluding steroid dienone is 2. The van der Waals surface area contributed by atoms with Crippen molar-refractivity contribution in [3.8, 4) is 0 Å². The highest BCUT2D eigenvalue weighted by molar-refractivity contribution is 6.14. The lowest BCUT2D eigenvalue weighted by molar-refractivity contribution is 0.411. The highest BCUT2D eigenvalue weighted by Crippen LogP contribution is 2.57. The van der Waals surface area contributed by atoms with Crippen LogP contribution in [0.15, 0.2) is 11.1 Å². The molecule has 0 saturated heterocycles. The van der Waals surface area contributed by atoms with E-state index in [0.717, 1.165) is 17.4 Å². The van der Waals surface area contributed by atoms with Crippen molar-refractivity contribution in [3.63, 3.8) is 0 Å². The second-order valence-electron chi connectivity index (χ2n) is 4.30. The fraction of sp³-hybridized carbons (Fsp3) is 0.800. The Morgan fingerprint density at radius 3 is 2.91 bits per heavy atom. The van der Waals surface area contributed by atoms with Crippen LogP contribution in [0.1, 0.15) is 32.1 Å². The summed E-state index contributed by atoms with van der Waals surface area (Å²) in [4.78, 5) is 0. The Balaban J connectivity index is 2.07. The van der Waals surface area contributed by atoms with Gasteiger partial charge in [-0.05, 0) is 49.5 Å². The van der Waals surface area contributed by atoms with Crippen LogP contribution >= 0.6 is 0 Å². The molecule has 2 fully saturated rings. The quantitative estimate of drug-likeness (QED) is 0.378. The van der Waals surface area contributed by atoms with E-state index < -0.39 is 0 Å². The topological polar surface area (TPSA) is 0 Å². The molecule has 1 heteroatoms. The molecule has 2 saturated carbocycles. The van der Waals surface area contributed by atoms with Crippen molar-refractivity contribution in [2.75, 3.05) is 0 Å². The SMILES string of the molecule is [Si]C1CCC2C1=C1CCC2C1. The zero-order valence-electron chi connectivity index (χ0n) is 6.77. The molecule has 3 aliphatic carbocycles. The van der Waals surface area contributed by atoms with Gasteiger partial charge in [-0.3, -0.25) is 0 Å². The molecule has 0 aromatic carbocycles. The third kappa shape index (κ3) is 0.702. The molecule has 3 rings (SSSR count). The standard InChI is InChI=1S/C10H13Si/c11-9-4-3-8-6-1-2-7(5-6)10(8)9/h6,8-9H,1-5H2. The van der Waals surface area contributed by atoms with Crippen molar-refractivity contribution in [1.29, 1.82) is 0 Å². The third-order valence-electron chi connectivity index (χ3n) is 3.84. The van der Waals surface area contributed by atoms with E-state index >= 15 is 0 Å². The van der Waals surface area contributed by atoms with Gasteiger partial charge < -0.3 is 0 Å². The average Bonchev–Trinajstić information content (AvgIpc) is 2.60. The fourth-order valence-electron chi connectivity index (χ4n) is 3.40. The molecule has 3 aliphatic rings. The molecule has 0 aromatic rings. The maximum Gasteiger partial charge on any atom is 0.0326 e. The van der Waals surface area contributed by atoms with E-state index in [9.17, 15) is 0 Å². The highest BCUT2D eigenvalue weighted by Gasteiger charge is 2.43. The lowest BCUT2D eigenvalue weighted by Gasteiger charge is -2.18. The molecule has 11 heavy (non-hydrogen) atoms. The van der Waals surface area contributed by atoms with Crippen LogP contribution in [0.2, 0.25) is 5.54 Å². The van der Waals surface area contributed by atoms with Crippen molar-refractivity contribution < 1.29 is 0 Å². The molecule has 0 spiro atoms. The Morgan fingerprint density at radius 1 is 1.18 bits per heavy atom. The molecule has 0 N–H and O–H groups in total. The molecule has 0 aromatic heterocycles. The van der Waals surface area contributed by atoms with Gasteiger partial charge in [-0.2, -0.15) is 0 Å². The first-order valence-corrected chi connectivity index (χ1v) is 5.37. The first kappa shape index (κ1) is 6.47. The molecule has 0 aliphatic heterocycles. The van der Waals surface area contributed by atoms with E-state index in [0.29, 0.717) is 0 Å². The smallest absolute Gasteiger partial charge is 0.0326 e. The van der Waals surface area contributed by atoms with Gasteiger partial charge in [0.15, 0.2) is 0 Å². The summed E-state index contributed by atoms with van der Waals surface area (Å²) >= 11 is 0. The van der Waals surface area contributed by atoms with Crippen LogP contribution in [0.4, 0.5) is 0 Å². The number of hydrogen-bond donors (Lipinski definition) is 0. The first-order chi connectivity index (χ1) is 5.36. The fourth-order valence-corrected chi connectivity index (χ4v) is 3.98. The van der Waals surface area contributed by atoms with Crippen LogP contribution in [0.3, 0.4) is 0 Å². The van der Waals surface area contributed by atoms with Crippen LogP contribution < -0.4 is 0 Å². The highest BCUT2D eigenvalue weighted by atomic mass is 28.1.